The van der Waals surface area contributed by atoms with Crippen LogP contribution in [0.3, 0.4) is 0 Å². The molecule has 2 heterocycles. The molecule has 1 aliphatic heterocycles. The van der Waals surface area contributed by atoms with E-state index < -0.39 is 0 Å². The van der Waals surface area contributed by atoms with Gasteiger partial charge in [0.15, 0.2) is 16.6 Å². The summed E-state index contributed by atoms with van der Waals surface area (Å²) in [5, 5.41) is 5.38. The molecule has 0 radical (unpaired) electrons. The van der Waals surface area contributed by atoms with Gasteiger partial charge < -0.3 is 24.7 Å². The zero-order valence-electron chi connectivity index (χ0n) is 18.0. The van der Waals surface area contributed by atoms with Crippen molar-refractivity contribution in [2.24, 2.45) is 0 Å². The number of ether oxygens (including phenoxy) is 2. The van der Waals surface area contributed by atoms with Crippen molar-refractivity contribution in [1.82, 2.24) is 15.2 Å². The molecule has 166 valence electrons. The number of aromatic nitrogens is 1. The fraction of sp³-hybridized carbons (Fsp3) is 0.583. The minimum atomic E-state index is -0.0624. The second-order valence-corrected chi connectivity index (χ2v) is 9.44. The first-order valence-corrected chi connectivity index (χ1v) is 12.1. The topological polar surface area (TPSA) is 66.6 Å². The van der Waals surface area contributed by atoms with Gasteiger partial charge in [-0.15, -0.1) is 0 Å². The Morgan fingerprint density at radius 1 is 1.00 bits per heavy atom. The second kappa shape index (κ2) is 9.07. The largest absolute Gasteiger partial charge is 0.486 e. The number of pyridine rings is 1. The summed E-state index contributed by atoms with van der Waals surface area (Å²) in [5.41, 5.74) is 1.45. The van der Waals surface area contributed by atoms with E-state index in [2.05, 4.69) is 15.2 Å². The van der Waals surface area contributed by atoms with Crippen molar-refractivity contribution in [3.8, 4) is 11.5 Å². The lowest BCUT2D eigenvalue weighted by Gasteiger charge is -2.34. The summed E-state index contributed by atoms with van der Waals surface area (Å²) in [6, 6.07) is 6.67. The van der Waals surface area contributed by atoms with Crippen LogP contribution in [-0.4, -0.2) is 40.3 Å². The quantitative estimate of drug-likeness (QED) is 0.692. The third-order valence-corrected chi connectivity index (χ3v) is 7.24. The SMILES string of the molecule is O=c1[nH]c2cc3c(cc2cc1CN(C(=S)NC1CCCCC1)C1CCCC1)OCCO3. The number of benzene rings is 1. The first-order valence-electron chi connectivity index (χ1n) is 11.7. The lowest BCUT2D eigenvalue weighted by atomic mass is 9.96. The van der Waals surface area contributed by atoms with Crippen molar-refractivity contribution in [3.05, 3.63) is 34.1 Å². The van der Waals surface area contributed by atoms with E-state index in [1.807, 2.05) is 18.2 Å². The van der Waals surface area contributed by atoms with Crippen molar-refractivity contribution in [2.45, 2.75) is 76.4 Å². The Kier molecular flexibility index (Phi) is 6.03. The van der Waals surface area contributed by atoms with E-state index in [9.17, 15) is 4.79 Å². The molecule has 2 aromatic rings. The van der Waals surface area contributed by atoms with E-state index in [4.69, 9.17) is 21.7 Å². The van der Waals surface area contributed by atoms with Gasteiger partial charge in [0, 0.05) is 29.1 Å². The van der Waals surface area contributed by atoms with Crippen LogP contribution in [-0.2, 0) is 6.54 Å². The van der Waals surface area contributed by atoms with Crippen molar-refractivity contribution in [1.29, 1.82) is 0 Å². The van der Waals surface area contributed by atoms with Crippen molar-refractivity contribution in [3.63, 3.8) is 0 Å². The molecule has 6 nitrogen and oxygen atoms in total. The Hall–Kier alpha value is -2.28. The zero-order chi connectivity index (χ0) is 21.2. The van der Waals surface area contributed by atoms with E-state index in [0.29, 0.717) is 37.6 Å². The van der Waals surface area contributed by atoms with Gasteiger partial charge in [0.1, 0.15) is 13.2 Å². The number of nitrogens with one attached hydrogen (secondary N) is 2. The number of fused-ring (bicyclic) bond motifs is 2. The molecule has 3 aliphatic rings. The number of thiocarbonyl (C=S) groups is 1. The number of H-pyrrole nitrogens is 1. The van der Waals surface area contributed by atoms with Gasteiger partial charge in [-0.05, 0) is 50.0 Å². The van der Waals surface area contributed by atoms with E-state index in [1.54, 1.807) is 0 Å². The molecule has 1 aromatic heterocycles. The fourth-order valence-electron chi connectivity index (χ4n) is 5.18. The average molecular weight is 442 g/mol. The Morgan fingerprint density at radius 3 is 2.42 bits per heavy atom. The van der Waals surface area contributed by atoms with Crippen LogP contribution in [0.1, 0.15) is 63.4 Å². The Labute approximate surface area is 188 Å². The molecular formula is C24H31N3O3S. The summed E-state index contributed by atoms with van der Waals surface area (Å²) in [6.07, 6.45) is 10.9. The lowest BCUT2D eigenvalue weighted by molar-refractivity contribution is 0.172. The summed E-state index contributed by atoms with van der Waals surface area (Å²) in [4.78, 5) is 18.3. The summed E-state index contributed by atoms with van der Waals surface area (Å²) >= 11 is 5.88. The van der Waals surface area contributed by atoms with Crippen LogP contribution in [0.25, 0.3) is 10.9 Å². The highest BCUT2D eigenvalue weighted by Crippen LogP contribution is 2.34. The van der Waals surface area contributed by atoms with Gasteiger partial charge in [-0.3, -0.25) is 4.79 Å². The molecular weight excluding hydrogens is 410 g/mol. The van der Waals surface area contributed by atoms with Gasteiger partial charge in [-0.2, -0.15) is 0 Å². The van der Waals surface area contributed by atoms with Crippen LogP contribution < -0.4 is 20.3 Å². The molecule has 0 bridgehead atoms. The third-order valence-electron chi connectivity index (χ3n) is 6.88. The van der Waals surface area contributed by atoms with Gasteiger partial charge in [0.05, 0.1) is 12.1 Å². The highest BCUT2D eigenvalue weighted by atomic mass is 32.1. The van der Waals surface area contributed by atoms with Crippen LogP contribution in [0.15, 0.2) is 23.0 Å². The Balaban J connectivity index is 1.41. The molecule has 1 aromatic carbocycles. The zero-order valence-corrected chi connectivity index (χ0v) is 18.8. The molecule has 2 fully saturated rings. The van der Waals surface area contributed by atoms with Crippen LogP contribution in [0.2, 0.25) is 0 Å². The predicted molar refractivity (Wildman–Crippen MR) is 126 cm³/mol. The number of rotatable bonds is 4. The van der Waals surface area contributed by atoms with Gasteiger partial charge in [0.2, 0.25) is 0 Å². The third kappa shape index (κ3) is 4.52. The van der Waals surface area contributed by atoms with Crippen molar-refractivity contribution in [2.75, 3.05) is 13.2 Å². The van der Waals surface area contributed by atoms with Gasteiger partial charge in [-0.1, -0.05) is 32.1 Å². The van der Waals surface area contributed by atoms with Crippen LogP contribution in [0.5, 0.6) is 11.5 Å². The minimum absolute atomic E-state index is 0.0624. The van der Waals surface area contributed by atoms with Crippen LogP contribution >= 0.6 is 12.2 Å². The Morgan fingerprint density at radius 2 is 1.68 bits per heavy atom. The fourth-order valence-corrected chi connectivity index (χ4v) is 5.56. The first kappa shape index (κ1) is 20.6. The molecule has 0 atom stereocenters. The van der Waals surface area contributed by atoms with E-state index >= 15 is 0 Å². The number of nitrogens with zero attached hydrogens (tertiary/aromatic N) is 1. The molecule has 5 rings (SSSR count). The number of hydrogen-bond donors (Lipinski definition) is 2. The van der Waals surface area contributed by atoms with Gasteiger partial charge in [0.25, 0.3) is 5.56 Å². The summed E-state index contributed by atoms with van der Waals surface area (Å²) in [7, 11) is 0. The molecule has 31 heavy (non-hydrogen) atoms. The summed E-state index contributed by atoms with van der Waals surface area (Å²) in [5.74, 6) is 1.42. The maximum absolute atomic E-state index is 12.9. The molecule has 0 amide bonds. The second-order valence-electron chi connectivity index (χ2n) is 9.06. The highest BCUT2D eigenvalue weighted by molar-refractivity contribution is 7.80. The molecule has 2 aliphatic carbocycles. The van der Waals surface area contributed by atoms with Crippen LogP contribution in [0.4, 0.5) is 0 Å². The molecule has 0 unspecified atom stereocenters. The molecule has 0 spiro atoms. The average Bonchev–Trinajstić information content (AvgIpc) is 3.31. The molecule has 2 N–H and O–H groups in total. The molecule has 2 saturated carbocycles. The van der Waals surface area contributed by atoms with Crippen LogP contribution in [0, 0.1) is 0 Å². The maximum Gasteiger partial charge on any atom is 0.253 e. The minimum Gasteiger partial charge on any atom is -0.486 e. The van der Waals surface area contributed by atoms with E-state index in [1.165, 1.54) is 44.9 Å². The summed E-state index contributed by atoms with van der Waals surface area (Å²) < 4.78 is 11.4. The smallest absolute Gasteiger partial charge is 0.253 e. The van der Waals surface area contributed by atoms with Gasteiger partial charge in [-0.25, -0.2) is 0 Å². The monoisotopic (exact) mass is 441 g/mol. The highest BCUT2D eigenvalue weighted by Gasteiger charge is 2.27. The number of aromatic amines is 1. The normalized spacial score (nSPS) is 19.5. The van der Waals surface area contributed by atoms with Crippen molar-refractivity contribution >= 4 is 28.2 Å². The number of hydrogen-bond acceptors (Lipinski definition) is 4. The standard InChI is InChI=1S/C24H31N3O3S/c28-23-17(12-16-13-21-22(14-20(16)26-23)30-11-10-29-21)15-27(19-8-4-5-9-19)24(31)25-18-6-2-1-3-7-18/h12-14,18-19H,1-11,15H2,(H,25,31)(H,26,28). The van der Waals surface area contributed by atoms with E-state index in [-0.39, 0.29) is 5.56 Å². The molecule has 0 saturated heterocycles. The van der Waals surface area contributed by atoms with Crippen molar-refractivity contribution < 1.29 is 9.47 Å². The van der Waals surface area contributed by atoms with E-state index in [0.717, 1.165) is 40.2 Å². The maximum atomic E-state index is 12.9. The Bertz CT molecular complexity index is 1010. The summed E-state index contributed by atoms with van der Waals surface area (Å²) in [6.45, 7) is 1.61. The first-order chi connectivity index (χ1) is 15.2. The predicted octanol–water partition coefficient (Wildman–Crippen LogP) is 4.25. The lowest BCUT2D eigenvalue weighted by Crippen LogP contribution is -2.49. The molecule has 7 heteroatoms. The van der Waals surface area contributed by atoms with Gasteiger partial charge >= 0.3 is 0 Å².